The van der Waals surface area contributed by atoms with Gasteiger partial charge in [-0.2, -0.15) is 0 Å². The molecular weight excluding hydrogens is 360 g/mol. The second kappa shape index (κ2) is 4.78. The number of hydrogen-bond donors (Lipinski definition) is 1. The van der Waals surface area contributed by atoms with E-state index in [-0.39, 0.29) is 0 Å². The fourth-order valence-electron chi connectivity index (χ4n) is 0.990. The number of nitrogens with two attached hydrogens (primary N) is 1. The van der Waals surface area contributed by atoms with Crippen LogP contribution in [0.2, 0.25) is 0 Å². The molecule has 0 saturated carbocycles. The molecule has 2 nitrogen and oxygen atoms in total. The second-order valence-electron chi connectivity index (χ2n) is 2.71. The standard InChI is InChI=1S/C9H6Br2N2S2/c10-7-3-6(15-8(7)11)2-1-5-4-14-9(12)13-5/h1-4H,(H2,12,13)/b2-1+. The Bertz CT molecular complexity index is 482. The molecule has 0 amide bonds. The first-order valence-electron chi connectivity index (χ1n) is 3.99. The fourth-order valence-corrected chi connectivity index (χ4v) is 3.51. The van der Waals surface area contributed by atoms with Crippen LogP contribution in [0.1, 0.15) is 10.6 Å². The van der Waals surface area contributed by atoms with Crippen LogP contribution in [-0.2, 0) is 0 Å². The molecule has 0 fully saturated rings. The highest BCUT2D eigenvalue weighted by Crippen LogP contribution is 2.33. The van der Waals surface area contributed by atoms with Crippen LogP contribution in [0.5, 0.6) is 0 Å². The van der Waals surface area contributed by atoms with Crippen molar-refractivity contribution in [3.8, 4) is 0 Å². The van der Waals surface area contributed by atoms with Crippen molar-refractivity contribution in [2.45, 2.75) is 0 Å². The van der Waals surface area contributed by atoms with Gasteiger partial charge in [0, 0.05) is 14.7 Å². The highest BCUT2D eigenvalue weighted by Gasteiger charge is 2.01. The van der Waals surface area contributed by atoms with Crippen molar-refractivity contribution in [1.82, 2.24) is 4.98 Å². The molecule has 0 aliphatic rings. The summed E-state index contributed by atoms with van der Waals surface area (Å²) in [5.74, 6) is 0. The third kappa shape index (κ3) is 2.90. The lowest BCUT2D eigenvalue weighted by molar-refractivity contribution is 1.39. The molecule has 0 atom stereocenters. The zero-order chi connectivity index (χ0) is 10.8. The van der Waals surface area contributed by atoms with E-state index < -0.39 is 0 Å². The Morgan fingerprint density at radius 1 is 1.33 bits per heavy atom. The highest BCUT2D eigenvalue weighted by atomic mass is 79.9. The molecule has 78 valence electrons. The number of nitrogens with zero attached hydrogens (tertiary/aromatic N) is 1. The maximum atomic E-state index is 5.54. The molecule has 0 bridgehead atoms. The Morgan fingerprint density at radius 2 is 2.13 bits per heavy atom. The van der Waals surface area contributed by atoms with Crippen LogP contribution < -0.4 is 5.73 Å². The third-order valence-corrected chi connectivity index (χ3v) is 5.54. The van der Waals surface area contributed by atoms with E-state index in [0.717, 1.165) is 14.0 Å². The van der Waals surface area contributed by atoms with E-state index >= 15 is 0 Å². The van der Waals surface area contributed by atoms with E-state index in [1.165, 1.54) is 16.2 Å². The molecule has 0 aromatic carbocycles. The minimum Gasteiger partial charge on any atom is -0.375 e. The second-order valence-corrected chi connectivity index (χ2v) is 6.86. The molecule has 2 N–H and O–H groups in total. The number of halogens is 2. The summed E-state index contributed by atoms with van der Waals surface area (Å²) in [6, 6.07) is 2.06. The Morgan fingerprint density at radius 3 is 2.67 bits per heavy atom. The molecule has 6 heteroatoms. The van der Waals surface area contributed by atoms with Gasteiger partial charge in [-0.25, -0.2) is 4.98 Å². The lowest BCUT2D eigenvalue weighted by atomic mass is 10.4. The maximum absolute atomic E-state index is 5.54. The van der Waals surface area contributed by atoms with E-state index in [2.05, 4.69) is 42.9 Å². The summed E-state index contributed by atoms with van der Waals surface area (Å²) in [7, 11) is 0. The van der Waals surface area contributed by atoms with Gasteiger partial charge in [0.2, 0.25) is 0 Å². The van der Waals surface area contributed by atoms with Gasteiger partial charge in [-0.1, -0.05) is 0 Å². The third-order valence-electron chi connectivity index (χ3n) is 1.62. The zero-order valence-electron chi connectivity index (χ0n) is 7.41. The van der Waals surface area contributed by atoms with E-state index in [4.69, 9.17) is 5.73 Å². The van der Waals surface area contributed by atoms with Crippen molar-refractivity contribution < 1.29 is 0 Å². The largest absolute Gasteiger partial charge is 0.375 e. The average Bonchev–Trinajstić information content (AvgIpc) is 2.72. The van der Waals surface area contributed by atoms with Crippen LogP contribution in [0.4, 0.5) is 5.13 Å². The summed E-state index contributed by atoms with van der Waals surface area (Å²) >= 11 is 10.0. The number of thiazole rings is 1. The first kappa shape index (κ1) is 11.3. The number of nitrogen functional groups attached to an aromatic ring is 1. The summed E-state index contributed by atoms with van der Waals surface area (Å²) in [4.78, 5) is 5.31. The van der Waals surface area contributed by atoms with Gasteiger partial charge in [-0.15, -0.1) is 22.7 Å². The molecule has 0 spiro atoms. The van der Waals surface area contributed by atoms with Crippen molar-refractivity contribution in [2.75, 3.05) is 5.73 Å². The molecule has 0 unspecified atom stereocenters. The van der Waals surface area contributed by atoms with Crippen molar-refractivity contribution in [2.24, 2.45) is 0 Å². The number of hydrogen-bond acceptors (Lipinski definition) is 4. The maximum Gasteiger partial charge on any atom is 0.180 e. The van der Waals surface area contributed by atoms with Crippen LogP contribution in [0.25, 0.3) is 12.2 Å². The molecule has 0 aliphatic carbocycles. The van der Waals surface area contributed by atoms with E-state index in [9.17, 15) is 0 Å². The van der Waals surface area contributed by atoms with E-state index in [0.29, 0.717) is 5.13 Å². The van der Waals surface area contributed by atoms with Crippen LogP contribution in [0.3, 0.4) is 0 Å². The first-order valence-corrected chi connectivity index (χ1v) is 7.27. The molecule has 2 rings (SSSR count). The van der Waals surface area contributed by atoms with Crippen molar-refractivity contribution >= 4 is 71.8 Å². The topological polar surface area (TPSA) is 38.9 Å². The summed E-state index contributed by atoms with van der Waals surface area (Å²) in [6.07, 6.45) is 3.98. The summed E-state index contributed by atoms with van der Waals surface area (Å²) in [5, 5.41) is 2.53. The van der Waals surface area contributed by atoms with Gasteiger partial charge in [0.1, 0.15) is 0 Å². The summed E-state index contributed by atoms with van der Waals surface area (Å²) in [5.41, 5.74) is 6.44. The van der Waals surface area contributed by atoms with Gasteiger partial charge in [0.25, 0.3) is 0 Å². The lowest BCUT2D eigenvalue weighted by Crippen LogP contribution is -1.80. The van der Waals surface area contributed by atoms with Crippen LogP contribution >= 0.6 is 54.5 Å². The molecular formula is C9H6Br2N2S2. The van der Waals surface area contributed by atoms with Gasteiger partial charge in [-0.3, -0.25) is 0 Å². The van der Waals surface area contributed by atoms with Crippen molar-refractivity contribution in [1.29, 1.82) is 0 Å². The minimum absolute atomic E-state index is 0.600. The van der Waals surface area contributed by atoms with Crippen LogP contribution in [-0.4, -0.2) is 4.98 Å². The van der Waals surface area contributed by atoms with Gasteiger partial charge in [-0.05, 0) is 50.1 Å². The smallest absolute Gasteiger partial charge is 0.180 e. The molecule has 2 heterocycles. The predicted octanol–water partition coefficient (Wildman–Crippen LogP) is 4.48. The normalized spacial score (nSPS) is 11.3. The first-order chi connectivity index (χ1) is 7.15. The molecule has 0 saturated heterocycles. The summed E-state index contributed by atoms with van der Waals surface area (Å²) in [6.45, 7) is 0. The van der Waals surface area contributed by atoms with E-state index in [1.54, 1.807) is 11.3 Å². The molecule has 15 heavy (non-hydrogen) atoms. The van der Waals surface area contributed by atoms with Gasteiger partial charge >= 0.3 is 0 Å². The average molecular weight is 366 g/mol. The quantitative estimate of drug-likeness (QED) is 0.851. The van der Waals surface area contributed by atoms with E-state index in [1.807, 2.05) is 17.5 Å². The Kier molecular flexibility index (Phi) is 3.60. The van der Waals surface area contributed by atoms with Crippen LogP contribution in [0.15, 0.2) is 19.7 Å². The number of aromatic nitrogens is 1. The minimum atomic E-state index is 0.600. The molecule has 0 aliphatic heterocycles. The Hall–Kier alpha value is -0.170. The number of rotatable bonds is 2. The monoisotopic (exact) mass is 364 g/mol. The lowest BCUT2D eigenvalue weighted by Gasteiger charge is -1.82. The Labute approximate surface area is 112 Å². The number of thiophene rings is 1. The fraction of sp³-hybridized carbons (Fsp3) is 0. The Balaban J connectivity index is 2.18. The van der Waals surface area contributed by atoms with Gasteiger partial charge < -0.3 is 5.73 Å². The zero-order valence-corrected chi connectivity index (χ0v) is 12.2. The summed E-state index contributed by atoms with van der Waals surface area (Å²) < 4.78 is 2.17. The van der Waals surface area contributed by atoms with Crippen molar-refractivity contribution in [3.05, 3.63) is 30.3 Å². The van der Waals surface area contributed by atoms with Crippen LogP contribution in [0, 0.1) is 0 Å². The SMILES string of the molecule is Nc1nc(/C=C/c2cc(Br)c(Br)s2)cs1. The number of anilines is 1. The molecule has 2 aromatic rings. The molecule has 0 radical (unpaired) electrons. The highest BCUT2D eigenvalue weighted by molar-refractivity contribution is 9.13. The van der Waals surface area contributed by atoms with Gasteiger partial charge in [0.05, 0.1) is 9.48 Å². The van der Waals surface area contributed by atoms with Gasteiger partial charge in [0.15, 0.2) is 5.13 Å². The van der Waals surface area contributed by atoms with Crippen molar-refractivity contribution in [3.63, 3.8) is 0 Å². The molecule has 2 aromatic heterocycles. The predicted molar refractivity (Wildman–Crippen MR) is 75.2 cm³/mol.